The summed E-state index contributed by atoms with van der Waals surface area (Å²) in [5, 5.41) is 24.5. The largest absolute Gasteiger partial charge is 0.503 e. The lowest BCUT2D eigenvalue weighted by Gasteiger charge is -2.38. The molecule has 0 aliphatic carbocycles. The summed E-state index contributed by atoms with van der Waals surface area (Å²) in [5.74, 6) is -1.28. The molecular formula is C25H25FN6O3S. The van der Waals surface area contributed by atoms with E-state index in [2.05, 4.69) is 15.3 Å². The molecule has 1 aromatic carbocycles. The highest BCUT2D eigenvalue weighted by molar-refractivity contribution is 7.14. The van der Waals surface area contributed by atoms with Crippen LogP contribution in [-0.2, 0) is 13.0 Å². The van der Waals surface area contributed by atoms with E-state index in [1.807, 2.05) is 30.8 Å². The van der Waals surface area contributed by atoms with E-state index in [9.17, 15) is 19.1 Å². The van der Waals surface area contributed by atoms with Crippen LogP contribution in [0.3, 0.4) is 0 Å². The number of carbonyl (C=O) groups is 1. The van der Waals surface area contributed by atoms with Gasteiger partial charge in [-0.3, -0.25) is 14.3 Å². The van der Waals surface area contributed by atoms with E-state index in [4.69, 9.17) is 0 Å². The highest BCUT2D eigenvalue weighted by Crippen LogP contribution is 2.33. The van der Waals surface area contributed by atoms with Crippen molar-refractivity contribution in [1.29, 1.82) is 0 Å². The van der Waals surface area contributed by atoms with Gasteiger partial charge in [-0.1, -0.05) is 23.5 Å². The third-order valence-corrected chi connectivity index (χ3v) is 7.27. The van der Waals surface area contributed by atoms with Crippen molar-refractivity contribution < 1.29 is 14.3 Å². The Labute approximate surface area is 210 Å². The second-order valence-electron chi connectivity index (χ2n) is 9.04. The predicted molar refractivity (Wildman–Crippen MR) is 133 cm³/mol. The number of rotatable bonds is 7. The summed E-state index contributed by atoms with van der Waals surface area (Å²) in [6.45, 7) is 4.87. The highest BCUT2D eigenvalue weighted by atomic mass is 32.1. The molecule has 1 atom stereocenters. The lowest BCUT2D eigenvalue weighted by atomic mass is 10.0. The molecule has 0 fully saturated rings. The summed E-state index contributed by atoms with van der Waals surface area (Å²) >= 11 is 1.23. The zero-order valence-corrected chi connectivity index (χ0v) is 20.7. The van der Waals surface area contributed by atoms with Crippen LogP contribution in [-0.4, -0.2) is 53.0 Å². The number of aryl methyl sites for hydroxylation is 1. The average Bonchev–Trinajstić information content (AvgIpc) is 3.54. The van der Waals surface area contributed by atoms with Crippen LogP contribution in [0.15, 0.2) is 53.7 Å². The van der Waals surface area contributed by atoms with Crippen LogP contribution in [0.1, 0.15) is 47.4 Å². The smallest absolute Gasteiger partial charge is 0.274 e. The SMILES string of the molecule is CC(C)N1C[C@H](CCn2cccn2)n2cc(-c3nnc(Cc4ccc(F)cc4)s3)c(=O)c(O)c2C1=O. The molecule has 11 heteroatoms. The van der Waals surface area contributed by atoms with Crippen molar-refractivity contribution in [2.75, 3.05) is 6.54 Å². The van der Waals surface area contributed by atoms with Crippen LogP contribution >= 0.6 is 11.3 Å². The molecule has 5 rings (SSSR count). The summed E-state index contributed by atoms with van der Waals surface area (Å²) in [5.41, 5.74) is 0.386. The molecule has 36 heavy (non-hydrogen) atoms. The van der Waals surface area contributed by atoms with E-state index < -0.39 is 11.2 Å². The van der Waals surface area contributed by atoms with Gasteiger partial charge in [-0.15, -0.1) is 10.2 Å². The Bertz CT molecular complexity index is 1450. The van der Waals surface area contributed by atoms with Crippen molar-refractivity contribution in [3.63, 3.8) is 0 Å². The maximum Gasteiger partial charge on any atom is 0.274 e. The van der Waals surface area contributed by atoms with Crippen LogP contribution in [0.25, 0.3) is 10.6 Å². The minimum Gasteiger partial charge on any atom is -0.503 e. The van der Waals surface area contributed by atoms with E-state index in [1.165, 1.54) is 23.5 Å². The molecule has 3 aromatic heterocycles. The molecule has 0 saturated heterocycles. The summed E-state index contributed by atoms with van der Waals surface area (Å²) in [7, 11) is 0. The van der Waals surface area contributed by atoms with Crippen LogP contribution in [0, 0.1) is 5.82 Å². The fraction of sp³-hybridized carbons (Fsp3) is 0.320. The summed E-state index contributed by atoms with van der Waals surface area (Å²) in [4.78, 5) is 28.1. The van der Waals surface area contributed by atoms with E-state index in [-0.39, 0.29) is 35.1 Å². The van der Waals surface area contributed by atoms with Crippen molar-refractivity contribution in [1.82, 2.24) is 29.4 Å². The van der Waals surface area contributed by atoms with Gasteiger partial charge in [-0.25, -0.2) is 4.39 Å². The lowest BCUT2D eigenvalue weighted by molar-refractivity contribution is 0.0589. The lowest BCUT2D eigenvalue weighted by Crippen LogP contribution is -2.47. The molecule has 1 amide bonds. The van der Waals surface area contributed by atoms with Crippen LogP contribution in [0.2, 0.25) is 0 Å². The first kappa shape index (κ1) is 23.9. The van der Waals surface area contributed by atoms with Crippen molar-refractivity contribution in [2.45, 2.75) is 45.3 Å². The second-order valence-corrected chi connectivity index (χ2v) is 10.1. The monoisotopic (exact) mass is 508 g/mol. The number of pyridine rings is 1. The summed E-state index contributed by atoms with van der Waals surface area (Å²) in [6, 6.07) is 7.68. The molecule has 4 heterocycles. The molecule has 9 nitrogen and oxygen atoms in total. The second kappa shape index (κ2) is 9.65. The zero-order chi connectivity index (χ0) is 25.4. The first-order valence-corrected chi connectivity index (χ1v) is 12.5. The number of halogens is 1. The van der Waals surface area contributed by atoms with Crippen molar-refractivity contribution >= 4 is 17.2 Å². The maximum absolute atomic E-state index is 13.2. The number of benzene rings is 1. The van der Waals surface area contributed by atoms with Gasteiger partial charge in [0.2, 0.25) is 5.43 Å². The number of amides is 1. The van der Waals surface area contributed by atoms with Crippen LogP contribution < -0.4 is 5.43 Å². The van der Waals surface area contributed by atoms with Gasteiger partial charge >= 0.3 is 0 Å². The number of aromatic hydroxyl groups is 1. The molecular weight excluding hydrogens is 483 g/mol. The van der Waals surface area contributed by atoms with Crippen molar-refractivity contribution in [3.05, 3.63) is 81.2 Å². The Morgan fingerprint density at radius 1 is 1.19 bits per heavy atom. The minimum absolute atomic E-state index is 0.00906. The van der Waals surface area contributed by atoms with Gasteiger partial charge < -0.3 is 14.6 Å². The number of aromatic nitrogens is 5. The molecule has 1 aliphatic heterocycles. The molecule has 4 aromatic rings. The van der Waals surface area contributed by atoms with Crippen LogP contribution in [0.4, 0.5) is 4.39 Å². The number of hydrogen-bond acceptors (Lipinski definition) is 7. The van der Waals surface area contributed by atoms with E-state index in [0.29, 0.717) is 35.9 Å². The number of carbonyl (C=O) groups excluding carboxylic acids is 1. The standard InChI is InChI=1S/C25H25FN6O3S/c1-15(2)31-13-18(8-11-30-10-3-9-27-30)32-14-19(22(33)23(34)21(32)25(31)35)24-29-28-20(36-24)12-16-4-6-17(26)7-5-16/h3-7,9-10,14-15,18,34H,8,11-13H2,1-2H3/t18-/m0/s1. The first-order valence-electron chi connectivity index (χ1n) is 11.7. The summed E-state index contributed by atoms with van der Waals surface area (Å²) in [6.07, 6.45) is 6.26. The van der Waals surface area contributed by atoms with Crippen LogP contribution in [0.5, 0.6) is 5.75 Å². The highest BCUT2D eigenvalue weighted by Gasteiger charge is 2.36. The maximum atomic E-state index is 13.2. The Morgan fingerprint density at radius 2 is 1.97 bits per heavy atom. The molecule has 0 unspecified atom stereocenters. The topological polar surface area (TPSA) is 106 Å². The Morgan fingerprint density at radius 3 is 2.67 bits per heavy atom. The average molecular weight is 509 g/mol. The Hall–Kier alpha value is -3.86. The molecule has 0 bridgehead atoms. The van der Waals surface area contributed by atoms with E-state index in [0.717, 1.165) is 5.56 Å². The Balaban J connectivity index is 1.51. The molecule has 1 N–H and O–H groups in total. The number of nitrogens with zero attached hydrogens (tertiary/aromatic N) is 6. The first-order chi connectivity index (χ1) is 17.3. The van der Waals surface area contributed by atoms with Crippen molar-refractivity contribution in [2.24, 2.45) is 0 Å². The third-order valence-electron chi connectivity index (χ3n) is 6.31. The van der Waals surface area contributed by atoms with Gasteiger partial charge in [0.25, 0.3) is 5.91 Å². The number of fused-ring (bicyclic) bond motifs is 1. The van der Waals surface area contributed by atoms with E-state index in [1.54, 1.807) is 34.0 Å². The molecule has 0 radical (unpaired) electrons. The normalized spacial score (nSPS) is 15.5. The minimum atomic E-state index is -0.657. The van der Waals surface area contributed by atoms with Gasteiger partial charge in [0.1, 0.15) is 10.8 Å². The van der Waals surface area contributed by atoms with Gasteiger partial charge in [0.05, 0.1) is 11.6 Å². The summed E-state index contributed by atoms with van der Waals surface area (Å²) < 4.78 is 16.7. The quantitative estimate of drug-likeness (QED) is 0.410. The zero-order valence-electron chi connectivity index (χ0n) is 19.8. The van der Waals surface area contributed by atoms with Crippen molar-refractivity contribution in [3.8, 4) is 16.3 Å². The fourth-order valence-corrected chi connectivity index (χ4v) is 5.29. The van der Waals surface area contributed by atoms with Gasteiger partial charge in [0, 0.05) is 44.1 Å². The molecule has 0 spiro atoms. The number of hydrogen-bond donors (Lipinski definition) is 1. The van der Waals surface area contributed by atoms with Gasteiger partial charge in [-0.05, 0) is 44.0 Å². The van der Waals surface area contributed by atoms with Gasteiger partial charge in [0.15, 0.2) is 16.5 Å². The fourth-order valence-electron chi connectivity index (χ4n) is 4.41. The molecule has 1 aliphatic rings. The van der Waals surface area contributed by atoms with E-state index >= 15 is 0 Å². The molecule has 0 saturated carbocycles. The van der Waals surface area contributed by atoms with Gasteiger partial charge in [-0.2, -0.15) is 5.10 Å². The third kappa shape index (κ3) is 4.53. The predicted octanol–water partition coefficient (Wildman–Crippen LogP) is 3.49. The Kier molecular flexibility index (Phi) is 6.40. The molecule has 186 valence electrons.